The predicted molar refractivity (Wildman–Crippen MR) is 58.9 cm³/mol. The third-order valence-electron chi connectivity index (χ3n) is 2.29. The van der Waals surface area contributed by atoms with E-state index in [4.69, 9.17) is 9.84 Å². The number of rotatable bonds is 5. The van der Waals surface area contributed by atoms with Crippen LogP contribution in [0.1, 0.15) is 22.8 Å². The summed E-state index contributed by atoms with van der Waals surface area (Å²) in [6.45, 7) is 1.81. The van der Waals surface area contributed by atoms with Gasteiger partial charge in [-0.1, -0.05) is 13.0 Å². The number of ether oxygens (including phenoxy) is 1. The Bertz CT molecular complexity index is 398. The summed E-state index contributed by atoms with van der Waals surface area (Å²) in [4.78, 5) is 21.3. The summed E-state index contributed by atoms with van der Waals surface area (Å²) < 4.78 is 4.99. The zero-order valence-electron chi connectivity index (χ0n) is 9.27. The highest BCUT2D eigenvalue weighted by Crippen LogP contribution is 2.21. The molecule has 1 rings (SSSR count). The average molecular weight is 222 g/mol. The summed E-state index contributed by atoms with van der Waals surface area (Å²) in [5.74, 6) is -0.782. The van der Waals surface area contributed by atoms with Crippen LogP contribution < -0.4 is 4.74 Å². The number of aromatic carboxylic acids is 1. The molecule has 0 aliphatic heterocycles. The zero-order chi connectivity index (χ0) is 12.1. The summed E-state index contributed by atoms with van der Waals surface area (Å²) >= 11 is 0. The summed E-state index contributed by atoms with van der Waals surface area (Å²) in [7, 11) is 1.43. The standard InChI is InChI=1S/C12H14O4/c1-8(7-13)5-9-3-4-10(12(14)15)11(6-9)16-2/h3-4,6-8H,5H2,1-2H3,(H,14,15). The number of benzene rings is 1. The van der Waals surface area contributed by atoms with Gasteiger partial charge in [0.05, 0.1) is 7.11 Å². The first-order valence-electron chi connectivity index (χ1n) is 4.94. The van der Waals surface area contributed by atoms with Crippen molar-refractivity contribution in [2.45, 2.75) is 13.3 Å². The highest BCUT2D eigenvalue weighted by atomic mass is 16.5. The van der Waals surface area contributed by atoms with Gasteiger partial charge in [0.15, 0.2) is 0 Å². The van der Waals surface area contributed by atoms with Crippen LogP contribution in [0.5, 0.6) is 5.75 Å². The molecular formula is C12H14O4. The molecule has 0 spiro atoms. The quantitative estimate of drug-likeness (QED) is 0.771. The second-order valence-corrected chi connectivity index (χ2v) is 3.66. The van der Waals surface area contributed by atoms with E-state index in [1.807, 2.05) is 6.92 Å². The fourth-order valence-electron chi connectivity index (χ4n) is 1.46. The number of carbonyl (C=O) groups is 2. The lowest BCUT2D eigenvalue weighted by Crippen LogP contribution is -2.04. The van der Waals surface area contributed by atoms with Gasteiger partial charge in [-0.05, 0) is 24.1 Å². The molecule has 4 nitrogen and oxygen atoms in total. The monoisotopic (exact) mass is 222 g/mol. The average Bonchev–Trinajstić information content (AvgIpc) is 2.28. The van der Waals surface area contributed by atoms with Crippen LogP contribution in [-0.4, -0.2) is 24.5 Å². The highest BCUT2D eigenvalue weighted by molar-refractivity contribution is 5.91. The number of carboxylic acids is 1. The molecule has 16 heavy (non-hydrogen) atoms. The van der Waals surface area contributed by atoms with Crippen molar-refractivity contribution in [3.63, 3.8) is 0 Å². The van der Waals surface area contributed by atoms with Crippen molar-refractivity contribution in [1.29, 1.82) is 0 Å². The van der Waals surface area contributed by atoms with Crippen molar-refractivity contribution < 1.29 is 19.4 Å². The van der Waals surface area contributed by atoms with Crippen molar-refractivity contribution in [2.75, 3.05) is 7.11 Å². The maximum absolute atomic E-state index is 10.8. The zero-order valence-corrected chi connectivity index (χ0v) is 9.27. The lowest BCUT2D eigenvalue weighted by Gasteiger charge is -2.08. The molecule has 1 atom stereocenters. The molecule has 1 aromatic rings. The molecule has 0 aromatic heterocycles. The van der Waals surface area contributed by atoms with Crippen LogP contribution >= 0.6 is 0 Å². The summed E-state index contributed by atoms with van der Waals surface area (Å²) in [6, 6.07) is 4.85. The second-order valence-electron chi connectivity index (χ2n) is 3.66. The van der Waals surface area contributed by atoms with Crippen molar-refractivity contribution in [1.82, 2.24) is 0 Å². The molecule has 0 aliphatic carbocycles. The molecule has 0 saturated carbocycles. The molecular weight excluding hydrogens is 208 g/mol. The number of hydrogen-bond donors (Lipinski definition) is 1. The first-order chi connectivity index (χ1) is 7.58. The highest BCUT2D eigenvalue weighted by Gasteiger charge is 2.12. The van der Waals surface area contributed by atoms with Crippen LogP contribution in [0.25, 0.3) is 0 Å². The van der Waals surface area contributed by atoms with Gasteiger partial charge in [0.1, 0.15) is 17.6 Å². The Kier molecular flexibility index (Phi) is 4.05. The van der Waals surface area contributed by atoms with Gasteiger partial charge < -0.3 is 14.6 Å². The molecule has 1 N–H and O–H groups in total. The Balaban J connectivity index is 2.99. The molecule has 86 valence electrons. The maximum atomic E-state index is 10.8. The Labute approximate surface area is 93.9 Å². The smallest absolute Gasteiger partial charge is 0.339 e. The van der Waals surface area contributed by atoms with Gasteiger partial charge in [-0.15, -0.1) is 0 Å². The van der Waals surface area contributed by atoms with Gasteiger partial charge in [0.2, 0.25) is 0 Å². The first kappa shape index (κ1) is 12.2. The molecule has 0 saturated heterocycles. The van der Waals surface area contributed by atoms with Gasteiger partial charge in [-0.25, -0.2) is 4.79 Å². The van der Waals surface area contributed by atoms with E-state index in [-0.39, 0.29) is 11.5 Å². The van der Waals surface area contributed by atoms with Gasteiger partial charge in [-0.2, -0.15) is 0 Å². The van der Waals surface area contributed by atoms with E-state index in [2.05, 4.69) is 0 Å². The van der Waals surface area contributed by atoms with Crippen molar-refractivity contribution >= 4 is 12.3 Å². The van der Waals surface area contributed by atoms with E-state index in [0.717, 1.165) is 11.8 Å². The van der Waals surface area contributed by atoms with Gasteiger partial charge in [0, 0.05) is 5.92 Å². The van der Waals surface area contributed by atoms with E-state index < -0.39 is 5.97 Å². The fraction of sp³-hybridized carbons (Fsp3) is 0.333. The molecule has 0 radical (unpaired) electrons. The topological polar surface area (TPSA) is 63.6 Å². The SMILES string of the molecule is COc1cc(CC(C)C=O)ccc1C(=O)O. The fourth-order valence-corrected chi connectivity index (χ4v) is 1.46. The number of methoxy groups -OCH3 is 1. The predicted octanol–water partition coefficient (Wildman–Crippen LogP) is 1.77. The normalized spacial score (nSPS) is 11.9. The third kappa shape index (κ3) is 2.82. The van der Waals surface area contributed by atoms with E-state index in [1.54, 1.807) is 12.1 Å². The minimum absolute atomic E-state index is 0.0830. The Morgan fingerprint density at radius 3 is 2.75 bits per heavy atom. The third-order valence-corrected chi connectivity index (χ3v) is 2.29. The number of aldehydes is 1. The summed E-state index contributed by atoms with van der Waals surface area (Å²) in [5.41, 5.74) is 1.02. The largest absolute Gasteiger partial charge is 0.496 e. The van der Waals surface area contributed by atoms with Crippen LogP contribution in [0.2, 0.25) is 0 Å². The number of carboxylic acid groups (broad SMARTS) is 1. The Hall–Kier alpha value is -1.84. The Morgan fingerprint density at radius 2 is 2.25 bits per heavy atom. The minimum atomic E-state index is -1.02. The molecule has 0 heterocycles. The lowest BCUT2D eigenvalue weighted by atomic mass is 10.0. The molecule has 1 unspecified atom stereocenters. The van der Waals surface area contributed by atoms with Crippen molar-refractivity contribution in [3.05, 3.63) is 29.3 Å². The molecule has 0 aliphatic rings. The van der Waals surface area contributed by atoms with E-state index in [1.165, 1.54) is 13.2 Å². The maximum Gasteiger partial charge on any atom is 0.339 e. The van der Waals surface area contributed by atoms with Crippen LogP contribution in [0, 0.1) is 5.92 Å². The van der Waals surface area contributed by atoms with Crippen molar-refractivity contribution in [2.24, 2.45) is 5.92 Å². The van der Waals surface area contributed by atoms with Crippen LogP contribution in [0.3, 0.4) is 0 Å². The molecule has 1 aromatic carbocycles. The van der Waals surface area contributed by atoms with Gasteiger partial charge in [-0.3, -0.25) is 0 Å². The molecule has 4 heteroatoms. The summed E-state index contributed by atoms with van der Waals surface area (Å²) in [5, 5.41) is 8.88. The minimum Gasteiger partial charge on any atom is -0.496 e. The van der Waals surface area contributed by atoms with E-state index in [0.29, 0.717) is 12.2 Å². The summed E-state index contributed by atoms with van der Waals surface area (Å²) in [6.07, 6.45) is 1.46. The van der Waals surface area contributed by atoms with Crippen LogP contribution in [-0.2, 0) is 11.2 Å². The van der Waals surface area contributed by atoms with Gasteiger partial charge in [0.25, 0.3) is 0 Å². The second kappa shape index (κ2) is 5.30. The molecule has 0 fully saturated rings. The first-order valence-corrected chi connectivity index (χ1v) is 4.94. The van der Waals surface area contributed by atoms with Gasteiger partial charge >= 0.3 is 5.97 Å². The van der Waals surface area contributed by atoms with E-state index >= 15 is 0 Å². The molecule has 0 amide bonds. The lowest BCUT2D eigenvalue weighted by molar-refractivity contribution is -0.110. The molecule has 0 bridgehead atoms. The number of carbonyl (C=O) groups excluding carboxylic acids is 1. The van der Waals surface area contributed by atoms with E-state index in [9.17, 15) is 9.59 Å². The van der Waals surface area contributed by atoms with Crippen LogP contribution in [0.15, 0.2) is 18.2 Å². The van der Waals surface area contributed by atoms with Crippen molar-refractivity contribution in [3.8, 4) is 5.75 Å². The van der Waals surface area contributed by atoms with Crippen LogP contribution in [0.4, 0.5) is 0 Å². The number of hydrogen-bond acceptors (Lipinski definition) is 3. The Morgan fingerprint density at radius 1 is 1.56 bits per heavy atom.